The van der Waals surface area contributed by atoms with Crippen LogP contribution in [0.1, 0.15) is 34.0 Å². The molecule has 3 nitrogen and oxygen atoms in total. The van der Waals surface area contributed by atoms with E-state index < -0.39 is 17.5 Å². The maximum atomic E-state index is 13.0. The highest BCUT2D eigenvalue weighted by Gasteiger charge is 2.32. The molecule has 134 valence electrons. The van der Waals surface area contributed by atoms with Crippen LogP contribution in [-0.2, 0) is 13.2 Å². The lowest BCUT2D eigenvalue weighted by molar-refractivity contribution is -0.137. The highest BCUT2D eigenvalue weighted by atomic mass is 19.4. The third kappa shape index (κ3) is 2.87. The Morgan fingerprint density at radius 1 is 1.08 bits per heavy atom. The molecule has 0 aliphatic heterocycles. The van der Waals surface area contributed by atoms with Crippen LogP contribution < -0.4 is 0 Å². The number of nitrogens with zero attached hydrogens (tertiary/aromatic N) is 1. The zero-order valence-corrected chi connectivity index (χ0v) is 14.2. The van der Waals surface area contributed by atoms with E-state index in [1.807, 2.05) is 6.92 Å². The molecule has 0 bridgehead atoms. The maximum Gasteiger partial charge on any atom is 0.416 e. The zero-order valence-electron chi connectivity index (χ0n) is 14.2. The number of hydrogen-bond acceptors (Lipinski definition) is 2. The lowest BCUT2D eigenvalue weighted by atomic mass is 9.99. The molecule has 3 aromatic rings. The first-order valence-corrected chi connectivity index (χ1v) is 7.80. The van der Waals surface area contributed by atoms with Gasteiger partial charge in [0.15, 0.2) is 5.78 Å². The van der Waals surface area contributed by atoms with E-state index >= 15 is 0 Å². The summed E-state index contributed by atoms with van der Waals surface area (Å²) in [5, 5.41) is 10.4. The fourth-order valence-electron chi connectivity index (χ4n) is 2.88. The summed E-state index contributed by atoms with van der Waals surface area (Å²) in [7, 11) is 1.49. The van der Waals surface area contributed by atoms with Gasteiger partial charge in [-0.1, -0.05) is 36.4 Å². The van der Waals surface area contributed by atoms with Crippen LogP contribution in [-0.4, -0.2) is 15.5 Å². The quantitative estimate of drug-likeness (QED) is 0.656. The van der Waals surface area contributed by atoms with Gasteiger partial charge in [-0.05, 0) is 30.7 Å². The number of halogens is 3. The van der Waals surface area contributed by atoms with Gasteiger partial charge in [0, 0.05) is 18.0 Å². The number of carbonyl (C=O) groups is 1. The largest absolute Gasteiger partial charge is 0.494 e. The van der Waals surface area contributed by atoms with Crippen molar-refractivity contribution in [1.82, 2.24) is 4.57 Å². The van der Waals surface area contributed by atoms with E-state index in [1.54, 1.807) is 24.3 Å². The van der Waals surface area contributed by atoms with Gasteiger partial charge in [-0.2, -0.15) is 13.2 Å². The minimum Gasteiger partial charge on any atom is -0.494 e. The van der Waals surface area contributed by atoms with Crippen molar-refractivity contribution in [2.75, 3.05) is 0 Å². The molecule has 0 aliphatic carbocycles. The summed E-state index contributed by atoms with van der Waals surface area (Å²) in [4.78, 5) is 12.9. The molecule has 0 atom stereocenters. The topological polar surface area (TPSA) is 42.2 Å². The van der Waals surface area contributed by atoms with E-state index in [1.165, 1.54) is 17.7 Å². The van der Waals surface area contributed by atoms with Gasteiger partial charge in [0.05, 0.1) is 16.6 Å². The minimum atomic E-state index is -4.54. The average molecular weight is 359 g/mol. The predicted octanol–water partition coefficient (Wildman–Crippen LogP) is 5.17. The molecule has 6 heteroatoms. The summed E-state index contributed by atoms with van der Waals surface area (Å²) in [6, 6.07) is 9.62. The number of rotatable bonds is 3. The molecular formula is C20H16F3NO2. The number of aromatic hydroxyl groups is 1. The second-order valence-electron chi connectivity index (χ2n) is 6.17. The SMILES string of the molecule is C=C(C)c1ccc(C(=O)c2c(O)n(C)c3ccc(C(F)(F)F)cc23)cc1. The number of fused-ring (bicyclic) bond motifs is 1. The number of allylic oxidation sites excluding steroid dienone is 1. The third-order valence-electron chi connectivity index (χ3n) is 4.36. The molecule has 2 aromatic carbocycles. The number of benzene rings is 2. The Bertz CT molecular complexity index is 1030. The Balaban J connectivity index is 2.18. The minimum absolute atomic E-state index is 0.0637. The first kappa shape index (κ1) is 17.8. The number of carbonyl (C=O) groups excluding carboxylic acids is 1. The number of alkyl halides is 3. The summed E-state index contributed by atoms with van der Waals surface area (Å²) in [6.07, 6.45) is -4.54. The Labute approximate surface area is 148 Å². The Morgan fingerprint density at radius 3 is 2.19 bits per heavy atom. The van der Waals surface area contributed by atoms with Gasteiger partial charge in [0.25, 0.3) is 0 Å². The Hall–Kier alpha value is -3.02. The molecule has 0 amide bonds. The van der Waals surface area contributed by atoms with E-state index in [0.717, 1.165) is 23.3 Å². The van der Waals surface area contributed by atoms with Crippen molar-refractivity contribution in [3.8, 4) is 5.88 Å². The van der Waals surface area contributed by atoms with Gasteiger partial charge < -0.3 is 9.67 Å². The Morgan fingerprint density at radius 2 is 1.65 bits per heavy atom. The summed E-state index contributed by atoms with van der Waals surface area (Å²) < 4.78 is 40.4. The lowest BCUT2D eigenvalue weighted by Crippen LogP contribution is -2.05. The molecule has 0 fully saturated rings. The second kappa shape index (κ2) is 6.05. The summed E-state index contributed by atoms with van der Waals surface area (Å²) >= 11 is 0. The van der Waals surface area contributed by atoms with Crippen LogP contribution in [0.15, 0.2) is 49.0 Å². The van der Waals surface area contributed by atoms with Crippen molar-refractivity contribution in [2.45, 2.75) is 13.1 Å². The summed E-state index contributed by atoms with van der Waals surface area (Å²) in [5.74, 6) is -0.908. The maximum absolute atomic E-state index is 13.0. The molecule has 26 heavy (non-hydrogen) atoms. The number of aromatic nitrogens is 1. The lowest BCUT2D eigenvalue weighted by Gasteiger charge is -2.07. The van der Waals surface area contributed by atoms with Gasteiger partial charge in [-0.3, -0.25) is 4.79 Å². The zero-order chi connectivity index (χ0) is 19.2. The first-order valence-electron chi connectivity index (χ1n) is 7.80. The van der Waals surface area contributed by atoms with Crippen molar-refractivity contribution in [2.24, 2.45) is 7.05 Å². The smallest absolute Gasteiger partial charge is 0.416 e. The fraction of sp³-hybridized carbons (Fsp3) is 0.150. The molecule has 0 saturated heterocycles. The predicted molar refractivity (Wildman–Crippen MR) is 94.2 cm³/mol. The van der Waals surface area contributed by atoms with E-state index in [2.05, 4.69) is 6.58 Å². The van der Waals surface area contributed by atoms with Gasteiger partial charge in [-0.25, -0.2) is 0 Å². The molecule has 1 heterocycles. The molecular weight excluding hydrogens is 343 g/mol. The number of ketones is 1. The third-order valence-corrected chi connectivity index (χ3v) is 4.36. The van der Waals surface area contributed by atoms with Crippen LogP contribution >= 0.6 is 0 Å². The van der Waals surface area contributed by atoms with E-state index in [9.17, 15) is 23.1 Å². The van der Waals surface area contributed by atoms with Crippen molar-refractivity contribution < 1.29 is 23.1 Å². The van der Waals surface area contributed by atoms with E-state index in [-0.39, 0.29) is 22.4 Å². The van der Waals surface area contributed by atoms with Crippen LogP contribution in [0.2, 0.25) is 0 Å². The van der Waals surface area contributed by atoms with Crippen LogP contribution in [0.5, 0.6) is 5.88 Å². The van der Waals surface area contributed by atoms with Crippen molar-refractivity contribution in [3.63, 3.8) is 0 Å². The summed E-state index contributed by atoms with van der Waals surface area (Å²) in [5.41, 5.74) is 1.28. The normalized spacial score (nSPS) is 11.7. The second-order valence-corrected chi connectivity index (χ2v) is 6.17. The van der Waals surface area contributed by atoms with Gasteiger partial charge in [-0.15, -0.1) is 0 Å². The van der Waals surface area contributed by atoms with Gasteiger partial charge >= 0.3 is 6.18 Å². The monoisotopic (exact) mass is 359 g/mol. The average Bonchev–Trinajstić information content (AvgIpc) is 2.84. The molecule has 1 aromatic heterocycles. The van der Waals surface area contributed by atoms with E-state index in [4.69, 9.17) is 0 Å². The molecule has 3 rings (SSSR count). The van der Waals surface area contributed by atoms with Crippen molar-refractivity contribution in [1.29, 1.82) is 0 Å². The molecule has 0 unspecified atom stereocenters. The fourth-order valence-corrected chi connectivity index (χ4v) is 2.88. The van der Waals surface area contributed by atoms with Gasteiger partial charge in [0.1, 0.15) is 0 Å². The van der Waals surface area contributed by atoms with Crippen molar-refractivity contribution in [3.05, 3.63) is 71.3 Å². The molecule has 0 radical (unpaired) electrons. The molecule has 1 N–H and O–H groups in total. The summed E-state index contributed by atoms with van der Waals surface area (Å²) in [6.45, 7) is 5.64. The molecule has 0 spiro atoms. The molecule has 0 aliphatic rings. The standard InChI is InChI=1S/C20H16F3NO2/c1-11(2)12-4-6-13(7-5-12)18(25)17-15-10-14(20(21,22)23)8-9-16(15)24(3)19(17)26/h4-10,26H,1H2,2-3H3. The van der Waals surface area contributed by atoms with Gasteiger partial charge in [0.2, 0.25) is 5.88 Å². The van der Waals surface area contributed by atoms with Crippen LogP contribution in [0.4, 0.5) is 13.2 Å². The molecule has 0 saturated carbocycles. The number of hydrogen-bond donors (Lipinski definition) is 1. The van der Waals surface area contributed by atoms with Crippen LogP contribution in [0.25, 0.3) is 16.5 Å². The van der Waals surface area contributed by atoms with Crippen LogP contribution in [0.3, 0.4) is 0 Å². The Kier molecular flexibility index (Phi) is 4.14. The van der Waals surface area contributed by atoms with Crippen LogP contribution in [0, 0.1) is 0 Å². The number of aryl methyl sites for hydroxylation is 1. The van der Waals surface area contributed by atoms with Crippen molar-refractivity contribution >= 4 is 22.3 Å². The first-order chi connectivity index (χ1) is 12.1. The van der Waals surface area contributed by atoms with E-state index in [0.29, 0.717) is 5.52 Å². The highest BCUT2D eigenvalue weighted by molar-refractivity contribution is 6.18. The highest BCUT2D eigenvalue weighted by Crippen LogP contribution is 2.37.